The highest BCUT2D eigenvalue weighted by molar-refractivity contribution is 7.82. The van der Waals surface area contributed by atoms with Gasteiger partial charge in [-0.3, -0.25) is 19.2 Å². The summed E-state index contributed by atoms with van der Waals surface area (Å²) in [5.74, 6) is -4.46. The van der Waals surface area contributed by atoms with E-state index in [0.717, 1.165) is 0 Å². The van der Waals surface area contributed by atoms with Crippen molar-refractivity contribution in [1.82, 2.24) is 26.6 Å². The van der Waals surface area contributed by atoms with Crippen LogP contribution >= 0.6 is 25.2 Å². The van der Waals surface area contributed by atoms with Crippen LogP contribution in [-0.4, -0.2) is 92.8 Å². The van der Waals surface area contributed by atoms with Gasteiger partial charge in [-0.15, -0.1) is 0 Å². The number of hydrogen-bond acceptors (Lipinski definition) is 10. The van der Waals surface area contributed by atoms with Gasteiger partial charge in [-0.1, -0.05) is 30.3 Å². The first-order valence-electron chi connectivity index (χ1n) is 17.3. The van der Waals surface area contributed by atoms with Gasteiger partial charge >= 0.3 is 12.1 Å². The molecular formula is C37H53N5O9S2. The molecule has 14 nitrogen and oxygen atoms in total. The predicted molar refractivity (Wildman–Crippen MR) is 207 cm³/mol. The average Bonchev–Trinajstić information content (AvgIpc) is 3.04. The van der Waals surface area contributed by atoms with Crippen molar-refractivity contribution in [3.05, 3.63) is 64.7 Å². The molecule has 2 aromatic rings. The Hall–Kier alpha value is -4.44. The van der Waals surface area contributed by atoms with Crippen molar-refractivity contribution in [2.24, 2.45) is 0 Å². The Bertz CT molecular complexity index is 1660. The van der Waals surface area contributed by atoms with Gasteiger partial charge in [0.2, 0.25) is 23.6 Å². The lowest BCUT2D eigenvalue weighted by molar-refractivity contribution is -0.143. The van der Waals surface area contributed by atoms with Gasteiger partial charge in [-0.05, 0) is 96.7 Å². The molecule has 0 saturated heterocycles. The summed E-state index contributed by atoms with van der Waals surface area (Å²) in [7, 11) is 0. The number of aryl methyl sites for hydroxylation is 2. The Morgan fingerprint density at radius 3 is 1.79 bits per heavy atom. The van der Waals surface area contributed by atoms with Gasteiger partial charge in [0.1, 0.15) is 36.6 Å². The number of ether oxygens (including phenoxy) is 1. The molecule has 0 heterocycles. The maximum absolute atomic E-state index is 13.8. The number of rotatable bonds is 17. The van der Waals surface area contributed by atoms with E-state index in [2.05, 4.69) is 39.2 Å². The number of phenolic OH excluding ortho intramolecular Hbond substituents is 1. The lowest BCUT2D eigenvalue weighted by atomic mass is 9.95. The number of phenols is 1. The molecule has 0 saturated carbocycles. The molecular weight excluding hydrogens is 723 g/mol. The molecule has 0 aromatic heterocycles. The number of carboxylic acids is 1. The second kappa shape index (κ2) is 18.5. The summed E-state index contributed by atoms with van der Waals surface area (Å²) in [5.41, 5.74) is 1.81. The summed E-state index contributed by atoms with van der Waals surface area (Å²) >= 11 is 5.04. The number of thiol groups is 2. The maximum Gasteiger partial charge on any atom is 0.408 e. The summed E-state index contributed by atoms with van der Waals surface area (Å²) < 4.78 is 10.7. The summed E-state index contributed by atoms with van der Waals surface area (Å²) in [5, 5.41) is 32.5. The first-order chi connectivity index (χ1) is 24.8. The molecule has 0 unspecified atom stereocenters. The van der Waals surface area contributed by atoms with E-state index < -0.39 is 81.5 Å². The normalized spacial score (nSPS) is 14.3. The van der Waals surface area contributed by atoms with Gasteiger partial charge in [0, 0.05) is 22.3 Å². The smallest absolute Gasteiger partial charge is 0.408 e. The second-order valence-electron chi connectivity index (χ2n) is 15.0. The van der Waals surface area contributed by atoms with Crippen LogP contribution in [0.1, 0.15) is 70.7 Å². The standard InChI is InChI=1S/C37H53N5O9S2/c1-20-15-23(43)16-21(2)24(20)18-26(40-34(50)51-35(3,4)5)31(46)41-28(36(6,7)52)32(47)38-19-27(44)39-25(17-22-13-11-10-12-14-22)30(45)42-29(33(48)49)37(8,9)53/h10-16,25-26,28-29,43,52-53H,17-19H2,1-9H3,(H,38,47)(H,39,44)(H,40,50)(H,41,46)(H,42,45)(H,48,49)/t25-,26-,28-,29+/m0/s1/i/hD. The molecule has 2 rings (SSSR count). The average molecular weight is 777 g/mol. The Kier molecular flexibility index (Phi) is 15.0. The lowest BCUT2D eigenvalue weighted by Gasteiger charge is -2.31. The van der Waals surface area contributed by atoms with Crippen molar-refractivity contribution < 1.29 is 43.7 Å². The number of carbonyl (C=O) groups is 6. The summed E-state index contributed by atoms with van der Waals surface area (Å²) in [6.07, 6.45) is -0.898. The fourth-order valence-electron chi connectivity index (χ4n) is 5.31. The van der Waals surface area contributed by atoms with Crippen LogP contribution in [0.25, 0.3) is 0 Å². The predicted octanol–water partition coefficient (Wildman–Crippen LogP) is 2.76. The number of aromatic hydroxyl groups is 1. The van der Waals surface area contributed by atoms with Crippen molar-refractivity contribution in [3.63, 3.8) is 0 Å². The molecule has 0 spiro atoms. The van der Waals surface area contributed by atoms with Crippen molar-refractivity contribution >= 4 is 60.9 Å². The maximum atomic E-state index is 13.8. The van der Waals surface area contributed by atoms with Crippen LogP contribution in [-0.2, 0) is 41.6 Å². The number of amides is 5. The minimum atomic E-state index is -1.46. The highest BCUT2D eigenvalue weighted by atomic mass is 32.1. The molecule has 53 heavy (non-hydrogen) atoms. The minimum absolute atomic E-state index is 0.0124. The van der Waals surface area contributed by atoms with E-state index in [-0.39, 0.29) is 18.6 Å². The van der Waals surface area contributed by atoms with Crippen LogP contribution in [0.2, 0.25) is 0 Å². The SMILES string of the molecule is [2H]SC(C)(C)[C@H](NC(=O)[C@H](Cc1ccccc1)NC(=O)CNC(=O)[C@H](NC(=O)[C@H](Cc1c(C)cc(O)cc1C)NC(=O)OC(C)(C)C)C(C)(C)S)C(=O)O. The highest BCUT2D eigenvalue weighted by Crippen LogP contribution is 2.24. The van der Waals surface area contributed by atoms with Crippen molar-refractivity contribution in [2.75, 3.05) is 6.54 Å². The van der Waals surface area contributed by atoms with Gasteiger partial charge in [-0.25, -0.2) is 9.59 Å². The van der Waals surface area contributed by atoms with E-state index in [9.17, 15) is 39.0 Å². The first-order valence-corrected chi connectivity index (χ1v) is 17.8. The fourth-order valence-corrected chi connectivity index (χ4v) is 5.65. The van der Waals surface area contributed by atoms with E-state index in [1.165, 1.54) is 26.0 Å². The molecule has 4 atom stereocenters. The zero-order chi connectivity index (χ0) is 41.2. The quantitative estimate of drug-likeness (QED) is 0.108. The summed E-state index contributed by atoms with van der Waals surface area (Å²) in [6, 6.07) is 6.46. The van der Waals surface area contributed by atoms with Crippen molar-refractivity contribution in [3.8, 4) is 5.75 Å². The zero-order valence-electron chi connectivity index (χ0n) is 32.6. The van der Waals surface area contributed by atoms with E-state index in [0.29, 0.717) is 34.8 Å². The highest BCUT2D eigenvalue weighted by Gasteiger charge is 2.38. The monoisotopic (exact) mass is 776 g/mol. The molecule has 0 aliphatic carbocycles. The lowest BCUT2D eigenvalue weighted by Crippen LogP contribution is -2.61. The Labute approximate surface area is 322 Å². The Morgan fingerprint density at radius 2 is 1.30 bits per heavy atom. The van der Waals surface area contributed by atoms with Gasteiger partial charge in [0.15, 0.2) is 0 Å². The molecule has 0 aliphatic rings. The molecule has 0 radical (unpaired) electrons. The third-order valence-electron chi connectivity index (χ3n) is 7.94. The van der Waals surface area contributed by atoms with Gasteiger partial charge in [0.25, 0.3) is 0 Å². The molecule has 292 valence electrons. The molecule has 0 bridgehead atoms. The number of nitrogens with one attached hydrogen (secondary N) is 5. The van der Waals surface area contributed by atoms with Crippen LogP contribution < -0.4 is 26.6 Å². The van der Waals surface area contributed by atoms with Gasteiger partial charge in [0.05, 0.1) is 6.54 Å². The van der Waals surface area contributed by atoms with Crippen molar-refractivity contribution in [1.29, 1.82) is 1.12 Å². The molecule has 2 aromatic carbocycles. The minimum Gasteiger partial charge on any atom is -0.508 e. The van der Waals surface area contributed by atoms with Gasteiger partial charge < -0.3 is 41.5 Å². The number of aliphatic carboxylic acids is 1. The number of hydrogen-bond donors (Lipinski definition) is 9. The summed E-state index contributed by atoms with van der Waals surface area (Å²) in [4.78, 5) is 78.9. The number of carbonyl (C=O) groups excluding carboxylic acids is 5. The third-order valence-corrected chi connectivity index (χ3v) is 8.43. The Morgan fingerprint density at radius 1 is 0.774 bits per heavy atom. The molecule has 7 N–H and O–H groups in total. The van der Waals surface area contributed by atoms with Crippen LogP contribution in [0.15, 0.2) is 42.5 Å². The van der Waals surface area contributed by atoms with E-state index in [4.69, 9.17) is 5.86 Å². The topological polar surface area (TPSA) is 212 Å². The number of alkyl carbamates (subject to hydrolysis) is 1. The van der Waals surface area contributed by atoms with Gasteiger partial charge in [-0.2, -0.15) is 25.2 Å². The van der Waals surface area contributed by atoms with E-state index in [1.807, 2.05) is 0 Å². The zero-order valence-corrected chi connectivity index (χ0v) is 33.3. The second-order valence-corrected chi connectivity index (χ2v) is 17.2. The molecule has 16 heteroatoms. The van der Waals surface area contributed by atoms with E-state index >= 15 is 0 Å². The van der Waals surface area contributed by atoms with Crippen LogP contribution in [0, 0.1) is 13.8 Å². The summed E-state index contributed by atoms with van der Waals surface area (Å²) in [6.45, 7) is 14.0. The fraction of sp³-hybridized carbons (Fsp3) is 0.514. The molecule has 0 fully saturated rings. The molecule has 5 amide bonds. The third kappa shape index (κ3) is 14.8. The largest absolute Gasteiger partial charge is 0.508 e. The Balaban J connectivity index is 2.29. The number of benzene rings is 2. The van der Waals surface area contributed by atoms with Crippen LogP contribution in [0.5, 0.6) is 5.75 Å². The molecule has 0 aliphatic heterocycles. The van der Waals surface area contributed by atoms with Crippen LogP contribution in [0.3, 0.4) is 0 Å². The van der Waals surface area contributed by atoms with E-state index in [1.54, 1.807) is 78.8 Å². The first kappa shape index (κ1) is 43.0. The number of carboxylic acid groups (broad SMARTS) is 1. The van der Waals surface area contributed by atoms with Crippen LogP contribution in [0.4, 0.5) is 4.79 Å². The van der Waals surface area contributed by atoms with Crippen molar-refractivity contribution in [2.45, 2.75) is 114 Å².